The van der Waals surface area contributed by atoms with Crippen molar-refractivity contribution in [2.24, 2.45) is 0 Å². The van der Waals surface area contributed by atoms with Crippen molar-refractivity contribution in [2.75, 3.05) is 0 Å². The summed E-state index contributed by atoms with van der Waals surface area (Å²) >= 11 is 0. The van der Waals surface area contributed by atoms with Crippen LogP contribution in [-0.2, 0) is 11.5 Å². The molecule has 5 heteroatoms. The summed E-state index contributed by atoms with van der Waals surface area (Å²) in [6, 6.07) is 1.79. The van der Waals surface area contributed by atoms with Crippen LogP contribution in [0.4, 0.5) is 0 Å². The monoisotopic (exact) mass is 189 g/mol. The van der Waals surface area contributed by atoms with Gasteiger partial charge in [-0.3, -0.25) is 8.97 Å². The lowest BCUT2D eigenvalue weighted by molar-refractivity contribution is 0.174. The van der Waals surface area contributed by atoms with Crippen molar-refractivity contribution >= 4 is 11.7 Å². The second-order valence-corrected chi connectivity index (χ2v) is 3.04. The molecule has 70 valence electrons. The molecule has 1 aliphatic heterocycles. The number of rotatable bonds is 0. The topological polar surface area (TPSA) is 48.5 Å². The Bertz CT molecular complexity index is 579. The molecular weight excluding hydrogens is 182 g/mol. The van der Waals surface area contributed by atoms with E-state index in [1.807, 2.05) is 10.6 Å². The molecule has 0 bridgehead atoms. The molecule has 0 spiro atoms. The molecule has 0 aromatic carbocycles. The Morgan fingerprint density at radius 3 is 3.36 bits per heavy atom. The van der Waals surface area contributed by atoms with Gasteiger partial charge in [0.2, 0.25) is 0 Å². The standard InChI is InChI=1S/C9H7N3O2/c13-9-10-3-1-8-11(9)5-7-2-4-14-6-12(7)8/h1-5H,6H2. The lowest BCUT2D eigenvalue weighted by Gasteiger charge is -2.10. The van der Waals surface area contributed by atoms with Gasteiger partial charge in [-0.25, -0.2) is 9.78 Å². The first-order chi connectivity index (χ1) is 6.86. The van der Waals surface area contributed by atoms with E-state index in [1.54, 1.807) is 18.5 Å². The number of imidazole rings is 1. The van der Waals surface area contributed by atoms with Crippen LogP contribution in [0.5, 0.6) is 0 Å². The van der Waals surface area contributed by atoms with E-state index in [2.05, 4.69) is 4.98 Å². The Hall–Kier alpha value is -2.04. The summed E-state index contributed by atoms with van der Waals surface area (Å²) in [4.78, 5) is 15.1. The van der Waals surface area contributed by atoms with E-state index in [0.29, 0.717) is 6.73 Å². The zero-order chi connectivity index (χ0) is 9.54. The van der Waals surface area contributed by atoms with Crippen molar-refractivity contribution in [1.29, 1.82) is 0 Å². The average Bonchev–Trinajstić information content (AvgIpc) is 2.59. The molecule has 0 amide bonds. The quantitative estimate of drug-likeness (QED) is 0.604. The molecule has 3 heterocycles. The molecular formula is C9H7N3O2. The van der Waals surface area contributed by atoms with Crippen LogP contribution < -0.4 is 5.69 Å². The molecule has 0 saturated carbocycles. The van der Waals surface area contributed by atoms with Crippen LogP contribution in [0.1, 0.15) is 5.69 Å². The maximum atomic E-state index is 11.4. The number of hydrogen-bond donors (Lipinski definition) is 0. The Labute approximate surface area is 78.9 Å². The summed E-state index contributed by atoms with van der Waals surface area (Å²) in [7, 11) is 0. The SMILES string of the molecule is O=c1nccc2n3c(cn12)C=COC3. The van der Waals surface area contributed by atoms with E-state index in [9.17, 15) is 4.79 Å². The molecule has 0 N–H and O–H groups in total. The van der Waals surface area contributed by atoms with E-state index < -0.39 is 0 Å². The summed E-state index contributed by atoms with van der Waals surface area (Å²) in [5.74, 6) is 0. The van der Waals surface area contributed by atoms with Gasteiger partial charge in [0.05, 0.1) is 12.0 Å². The van der Waals surface area contributed by atoms with E-state index in [4.69, 9.17) is 4.74 Å². The fourth-order valence-corrected chi connectivity index (χ4v) is 1.59. The second-order valence-electron chi connectivity index (χ2n) is 3.04. The summed E-state index contributed by atoms with van der Waals surface area (Å²) < 4.78 is 8.56. The molecule has 0 fully saturated rings. The highest BCUT2D eigenvalue weighted by Gasteiger charge is 2.10. The first kappa shape index (κ1) is 7.37. The fourth-order valence-electron chi connectivity index (χ4n) is 1.59. The van der Waals surface area contributed by atoms with E-state index in [-0.39, 0.29) is 5.69 Å². The Morgan fingerprint density at radius 1 is 1.50 bits per heavy atom. The fraction of sp³-hybridized carbons (Fsp3) is 0.111. The lowest BCUT2D eigenvalue weighted by atomic mass is 10.4. The van der Waals surface area contributed by atoms with Crippen LogP contribution in [0.25, 0.3) is 11.7 Å². The number of ether oxygens (including phenoxy) is 1. The Kier molecular flexibility index (Phi) is 1.30. The van der Waals surface area contributed by atoms with Gasteiger partial charge in [-0.2, -0.15) is 0 Å². The van der Waals surface area contributed by atoms with E-state index in [1.165, 1.54) is 10.6 Å². The zero-order valence-corrected chi connectivity index (χ0v) is 7.25. The van der Waals surface area contributed by atoms with Crippen molar-refractivity contribution in [3.05, 3.63) is 40.9 Å². The third-order valence-corrected chi connectivity index (χ3v) is 2.25. The van der Waals surface area contributed by atoms with Gasteiger partial charge in [-0.15, -0.1) is 0 Å². The first-order valence-electron chi connectivity index (χ1n) is 4.21. The highest BCUT2D eigenvalue weighted by Crippen LogP contribution is 2.14. The molecule has 0 aliphatic carbocycles. The van der Waals surface area contributed by atoms with Gasteiger partial charge in [0.25, 0.3) is 0 Å². The molecule has 2 aromatic rings. The molecule has 2 aromatic heterocycles. The largest absolute Gasteiger partial charge is 0.480 e. The van der Waals surface area contributed by atoms with Crippen LogP contribution in [0.3, 0.4) is 0 Å². The van der Waals surface area contributed by atoms with Crippen LogP contribution in [0.2, 0.25) is 0 Å². The number of hydrogen-bond acceptors (Lipinski definition) is 3. The van der Waals surface area contributed by atoms with Crippen molar-refractivity contribution < 1.29 is 4.74 Å². The minimum absolute atomic E-state index is 0.266. The molecule has 0 atom stereocenters. The zero-order valence-electron chi connectivity index (χ0n) is 7.25. The summed E-state index contributed by atoms with van der Waals surface area (Å²) in [5.41, 5.74) is 1.48. The van der Waals surface area contributed by atoms with Crippen LogP contribution in [-0.4, -0.2) is 14.0 Å². The predicted molar refractivity (Wildman–Crippen MR) is 49.6 cm³/mol. The molecule has 0 unspecified atom stereocenters. The number of nitrogens with zero attached hydrogens (tertiary/aromatic N) is 3. The minimum atomic E-state index is -0.266. The van der Waals surface area contributed by atoms with Gasteiger partial charge in [0, 0.05) is 12.4 Å². The van der Waals surface area contributed by atoms with Gasteiger partial charge in [0.15, 0.2) is 6.73 Å². The van der Waals surface area contributed by atoms with Crippen LogP contribution in [0.15, 0.2) is 29.5 Å². The van der Waals surface area contributed by atoms with Crippen molar-refractivity contribution in [3.8, 4) is 0 Å². The highest BCUT2D eigenvalue weighted by molar-refractivity contribution is 5.52. The summed E-state index contributed by atoms with van der Waals surface area (Å²) in [5, 5.41) is 0. The van der Waals surface area contributed by atoms with Crippen LogP contribution in [0, 0.1) is 0 Å². The third kappa shape index (κ3) is 0.834. The third-order valence-electron chi connectivity index (χ3n) is 2.25. The van der Waals surface area contributed by atoms with Gasteiger partial charge in [0.1, 0.15) is 5.65 Å². The molecule has 14 heavy (non-hydrogen) atoms. The normalized spacial score (nSPS) is 14.0. The smallest absolute Gasteiger partial charge is 0.353 e. The predicted octanol–water partition coefficient (Wildman–Crippen LogP) is 0.454. The molecule has 3 rings (SSSR count). The number of aromatic nitrogens is 3. The average molecular weight is 189 g/mol. The first-order valence-corrected chi connectivity index (χ1v) is 4.21. The number of fused-ring (bicyclic) bond motifs is 3. The van der Waals surface area contributed by atoms with E-state index in [0.717, 1.165) is 11.3 Å². The minimum Gasteiger partial charge on any atom is -0.480 e. The van der Waals surface area contributed by atoms with Gasteiger partial charge >= 0.3 is 5.69 Å². The maximum absolute atomic E-state index is 11.4. The van der Waals surface area contributed by atoms with Gasteiger partial charge in [-0.05, 0) is 12.1 Å². The lowest BCUT2D eigenvalue weighted by Crippen LogP contribution is -2.15. The van der Waals surface area contributed by atoms with Gasteiger partial charge < -0.3 is 4.74 Å². The maximum Gasteiger partial charge on any atom is 0.353 e. The second kappa shape index (κ2) is 2.47. The Morgan fingerprint density at radius 2 is 2.43 bits per heavy atom. The molecule has 0 saturated heterocycles. The summed E-state index contributed by atoms with van der Waals surface area (Å²) in [6.45, 7) is 0.436. The summed E-state index contributed by atoms with van der Waals surface area (Å²) in [6.07, 6.45) is 6.69. The van der Waals surface area contributed by atoms with Crippen molar-refractivity contribution in [3.63, 3.8) is 0 Å². The molecule has 5 nitrogen and oxygen atoms in total. The van der Waals surface area contributed by atoms with Crippen molar-refractivity contribution in [2.45, 2.75) is 6.73 Å². The Balaban J connectivity index is 2.49. The molecule has 0 radical (unpaired) electrons. The van der Waals surface area contributed by atoms with Crippen molar-refractivity contribution in [1.82, 2.24) is 14.0 Å². The highest BCUT2D eigenvalue weighted by atomic mass is 16.5. The van der Waals surface area contributed by atoms with Gasteiger partial charge in [-0.1, -0.05) is 0 Å². The molecule has 1 aliphatic rings. The van der Waals surface area contributed by atoms with E-state index >= 15 is 0 Å². The van der Waals surface area contributed by atoms with Crippen LogP contribution >= 0.6 is 0 Å².